The van der Waals surface area contributed by atoms with Gasteiger partial charge in [-0.1, -0.05) is 35.3 Å². The minimum absolute atomic E-state index is 0.0645. The van der Waals surface area contributed by atoms with Crippen LogP contribution in [0.2, 0.25) is 10.0 Å². The maximum atomic E-state index is 13.4. The lowest BCUT2D eigenvalue weighted by atomic mass is 9.54. The molecule has 0 spiro atoms. The van der Waals surface area contributed by atoms with Crippen molar-refractivity contribution >= 4 is 40.8 Å². The van der Waals surface area contributed by atoms with Gasteiger partial charge in [-0.25, -0.2) is 4.79 Å². The monoisotopic (exact) mass is 540 g/mol. The number of carbonyl (C=O) groups is 2. The van der Waals surface area contributed by atoms with Gasteiger partial charge in [0.1, 0.15) is 11.4 Å². The summed E-state index contributed by atoms with van der Waals surface area (Å²) in [4.78, 5) is 26.0. The number of halogens is 2. The molecule has 1 amide bonds. The third-order valence-electron chi connectivity index (χ3n) is 7.90. The van der Waals surface area contributed by atoms with Crippen LogP contribution >= 0.6 is 23.2 Å². The molecule has 0 saturated heterocycles. The quantitative estimate of drug-likeness (QED) is 0.380. The highest BCUT2D eigenvalue weighted by molar-refractivity contribution is 6.37. The van der Waals surface area contributed by atoms with Gasteiger partial charge in [-0.2, -0.15) is 0 Å². The molecule has 192 valence electrons. The van der Waals surface area contributed by atoms with Crippen LogP contribution < -0.4 is 5.32 Å². The topological polar surface area (TPSA) is 106 Å². The van der Waals surface area contributed by atoms with Gasteiger partial charge in [-0.15, -0.1) is 15.0 Å². The summed E-state index contributed by atoms with van der Waals surface area (Å²) in [6.45, 7) is 0.131. The molecule has 2 aromatic carbocycles. The molecule has 0 atom stereocenters. The van der Waals surface area contributed by atoms with Gasteiger partial charge in [0.25, 0.3) is 5.91 Å². The fourth-order valence-corrected chi connectivity index (χ4v) is 7.29. The third kappa shape index (κ3) is 4.74. The zero-order chi connectivity index (χ0) is 25.7. The van der Waals surface area contributed by atoms with Crippen molar-refractivity contribution in [3.63, 3.8) is 0 Å². The number of nitrogens with zero attached hydrogens (tertiary/aromatic N) is 3. The zero-order valence-electron chi connectivity index (χ0n) is 20.0. The summed E-state index contributed by atoms with van der Waals surface area (Å²) in [6, 6.07) is 11.1. The Morgan fingerprint density at radius 2 is 1.62 bits per heavy atom. The van der Waals surface area contributed by atoms with Crippen LogP contribution in [0.4, 0.5) is 5.69 Å². The number of aromatic carboxylic acids is 1. The number of carboxylic acid groups (broad SMARTS) is 1. The smallest absolute Gasteiger partial charge is 0.335 e. The second-order valence-corrected chi connectivity index (χ2v) is 11.4. The van der Waals surface area contributed by atoms with Crippen molar-refractivity contribution in [2.75, 3.05) is 5.32 Å². The Morgan fingerprint density at radius 3 is 2.24 bits per heavy atom. The van der Waals surface area contributed by atoms with Crippen LogP contribution in [0.3, 0.4) is 0 Å². The Labute approximate surface area is 223 Å². The number of hydrogen-bond acceptors (Lipinski definition) is 5. The summed E-state index contributed by atoms with van der Waals surface area (Å²) in [7, 11) is 0. The largest absolute Gasteiger partial charge is 0.478 e. The fraction of sp³-hybridized carbons (Fsp3) is 0.407. The van der Waals surface area contributed by atoms with Crippen molar-refractivity contribution in [2.45, 2.75) is 50.7 Å². The maximum Gasteiger partial charge on any atom is 0.335 e. The van der Waals surface area contributed by atoms with Crippen molar-refractivity contribution < 1.29 is 19.4 Å². The van der Waals surface area contributed by atoms with E-state index in [2.05, 4.69) is 15.5 Å². The van der Waals surface area contributed by atoms with E-state index in [1.54, 1.807) is 30.3 Å². The fourth-order valence-electron chi connectivity index (χ4n) is 6.74. The average molecular weight is 541 g/mol. The number of nitrogens with one attached hydrogen (secondary N) is 1. The number of rotatable bonds is 7. The second-order valence-electron chi connectivity index (χ2n) is 10.6. The molecule has 7 rings (SSSR count). The molecule has 1 heterocycles. The number of amides is 1. The van der Waals surface area contributed by atoms with Gasteiger partial charge in [-0.3, -0.25) is 4.79 Å². The Balaban J connectivity index is 1.31. The Morgan fingerprint density at radius 1 is 1.00 bits per heavy atom. The highest BCUT2D eigenvalue weighted by Crippen LogP contribution is 2.57. The molecule has 4 aliphatic rings. The summed E-state index contributed by atoms with van der Waals surface area (Å²) >= 11 is 12.8. The number of aromatic nitrogens is 3. The number of ether oxygens (including phenoxy) is 1. The molecule has 1 aromatic heterocycles. The van der Waals surface area contributed by atoms with E-state index in [4.69, 9.17) is 27.9 Å². The number of anilines is 1. The Hall–Kier alpha value is -2.94. The van der Waals surface area contributed by atoms with Gasteiger partial charge >= 0.3 is 5.97 Å². The van der Waals surface area contributed by atoms with Gasteiger partial charge in [0.2, 0.25) is 0 Å². The van der Waals surface area contributed by atoms with Gasteiger partial charge in [0.15, 0.2) is 5.69 Å². The number of hydrogen-bond donors (Lipinski definition) is 2. The van der Waals surface area contributed by atoms with E-state index in [1.807, 2.05) is 0 Å². The van der Waals surface area contributed by atoms with E-state index < -0.39 is 11.9 Å². The highest BCUT2D eigenvalue weighted by atomic mass is 35.5. The van der Waals surface area contributed by atoms with Crippen molar-refractivity contribution in [3.05, 3.63) is 69.5 Å². The molecule has 10 heteroatoms. The van der Waals surface area contributed by atoms with Crippen LogP contribution in [0.15, 0.2) is 42.5 Å². The second kappa shape index (κ2) is 9.42. The molecule has 4 bridgehead atoms. The van der Waals surface area contributed by atoms with Crippen molar-refractivity contribution in [3.8, 4) is 5.69 Å². The van der Waals surface area contributed by atoms with E-state index in [-0.39, 0.29) is 23.5 Å². The Kier molecular flexibility index (Phi) is 6.21. The van der Waals surface area contributed by atoms with Gasteiger partial charge < -0.3 is 15.2 Å². The van der Waals surface area contributed by atoms with Gasteiger partial charge in [0.05, 0.1) is 27.8 Å². The number of carboxylic acids is 1. The van der Waals surface area contributed by atoms with Crippen molar-refractivity contribution in [1.29, 1.82) is 0 Å². The summed E-state index contributed by atoms with van der Waals surface area (Å²) < 4.78 is 6.59. The molecule has 2 N–H and O–H groups in total. The standard InChI is InChI=1S/C27H26Cl2N4O4/c28-20-5-2-6-21(29)24(20)33-31-22(14-37-27-11-15-7-16(12-27)9-17(8-15)13-27)23(32-33)25(34)30-19-4-1-3-18(10-19)26(35)36/h1-6,10,15-17H,7-9,11-14H2,(H,30,34)(H,35,36). The first kappa shape index (κ1) is 24.4. The predicted molar refractivity (Wildman–Crippen MR) is 138 cm³/mol. The lowest BCUT2D eigenvalue weighted by Crippen LogP contribution is -2.51. The molecule has 4 aliphatic carbocycles. The average Bonchev–Trinajstić information content (AvgIpc) is 3.26. The van der Waals surface area contributed by atoms with Gasteiger partial charge in [-0.05, 0) is 86.6 Å². The van der Waals surface area contributed by atoms with E-state index in [1.165, 1.54) is 36.2 Å². The molecule has 4 saturated carbocycles. The molecule has 37 heavy (non-hydrogen) atoms. The van der Waals surface area contributed by atoms with E-state index in [0.29, 0.717) is 44.9 Å². The molecule has 4 fully saturated rings. The zero-order valence-corrected chi connectivity index (χ0v) is 21.5. The first-order valence-electron chi connectivity index (χ1n) is 12.5. The normalized spacial score (nSPS) is 25.8. The third-order valence-corrected chi connectivity index (χ3v) is 8.51. The molecular weight excluding hydrogens is 515 g/mol. The summed E-state index contributed by atoms with van der Waals surface area (Å²) in [5.41, 5.74) is 1.04. The summed E-state index contributed by atoms with van der Waals surface area (Å²) in [5, 5.41) is 21.8. The van der Waals surface area contributed by atoms with E-state index in [9.17, 15) is 14.7 Å². The van der Waals surface area contributed by atoms with Crippen LogP contribution in [0.1, 0.15) is 65.1 Å². The SMILES string of the molecule is O=C(O)c1cccc(NC(=O)c2nn(-c3c(Cl)cccc3Cl)nc2COC23CC4CC(CC(C4)C2)C3)c1. The lowest BCUT2D eigenvalue weighted by molar-refractivity contribution is -0.169. The number of para-hydroxylation sites is 1. The maximum absolute atomic E-state index is 13.4. The first-order valence-corrected chi connectivity index (χ1v) is 13.2. The van der Waals surface area contributed by atoms with Crippen LogP contribution in [0.25, 0.3) is 5.69 Å². The van der Waals surface area contributed by atoms with Crippen LogP contribution in [0.5, 0.6) is 0 Å². The van der Waals surface area contributed by atoms with Crippen LogP contribution in [-0.4, -0.2) is 37.6 Å². The van der Waals surface area contributed by atoms with Gasteiger partial charge in [0, 0.05) is 5.69 Å². The minimum Gasteiger partial charge on any atom is -0.478 e. The lowest BCUT2D eigenvalue weighted by Gasteiger charge is -2.56. The van der Waals surface area contributed by atoms with Crippen molar-refractivity contribution in [1.82, 2.24) is 15.0 Å². The molecule has 0 unspecified atom stereocenters. The van der Waals surface area contributed by atoms with E-state index >= 15 is 0 Å². The minimum atomic E-state index is -1.08. The molecule has 8 nitrogen and oxygen atoms in total. The first-order chi connectivity index (χ1) is 17.8. The molecule has 0 aliphatic heterocycles. The van der Waals surface area contributed by atoms with E-state index in [0.717, 1.165) is 19.3 Å². The molecule has 0 radical (unpaired) electrons. The number of benzene rings is 2. The molecular formula is C27H26Cl2N4O4. The predicted octanol–water partition coefficient (Wildman–Crippen LogP) is 6.01. The highest BCUT2D eigenvalue weighted by Gasteiger charge is 2.51. The Bertz CT molecular complexity index is 1330. The molecule has 3 aromatic rings. The van der Waals surface area contributed by atoms with Crippen molar-refractivity contribution in [2.24, 2.45) is 17.8 Å². The van der Waals surface area contributed by atoms with Crippen LogP contribution in [0, 0.1) is 17.8 Å². The summed E-state index contributed by atoms with van der Waals surface area (Å²) in [5.74, 6) is 0.538. The summed E-state index contributed by atoms with van der Waals surface area (Å²) in [6.07, 6.45) is 7.04. The van der Waals surface area contributed by atoms with Crippen LogP contribution in [-0.2, 0) is 11.3 Å². The number of carbonyl (C=O) groups excluding carboxylic acids is 1.